The van der Waals surface area contributed by atoms with E-state index in [9.17, 15) is 0 Å². The van der Waals surface area contributed by atoms with Crippen molar-refractivity contribution < 1.29 is 0 Å². The average molecular weight is 424 g/mol. The number of hydrogen-bond donors (Lipinski definition) is 1. The maximum atomic E-state index is 3.63. The molecule has 0 saturated carbocycles. The molecule has 1 aliphatic rings. The second-order valence-electron chi connectivity index (χ2n) is 8.79. The molecular weight excluding hydrogens is 398 g/mol. The Morgan fingerprint density at radius 3 is 1.67 bits per heavy atom. The summed E-state index contributed by atoms with van der Waals surface area (Å²) in [5.41, 5.74) is 11.0. The molecule has 0 aliphatic heterocycles. The number of benzene rings is 5. The van der Waals surface area contributed by atoms with Crippen molar-refractivity contribution in [2.45, 2.75) is 12.3 Å². The van der Waals surface area contributed by atoms with Gasteiger partial charge in [0.15, 0.2) is 0 Å². The maximum absolute atomic E-state index is 3.63. The van der Waals surface area contributed by atoms with Crippen molar-refractivity contribution in [3.05, 3.63) is 155 Å². The van der Waals surface area contributed by atoms with Gasteiger partial charge in [0, 0.05) is 11.4 Å². The van der Waals surface area contributed by atoms with Crippen molar-refractivity contribution in [2.24, 2.45) is 0 Å². The molecule has 33 heavy (non-hydrogen) atoms. The van der Waals surface area contributed by atoms with Crippen LogP contribution in [0.25, 0.3) is 11.1 Å². The van der Waals surface area contributed by atoms with E-state index >= 15 is 0 Å². The van der Waals surface area contributed by atoms with Crippen molar-refractivity contribution in [2.75, 3.05) is 5.32 Å². The van der Waals surface area contributed by atoms with E-state index in [4.69, 9.17) is 0 Å². The summed E-state index contributed by atoms with van der Waals surface area (Å²) in [5.74, 6) is 0. The van der Waals surface area contributed by atoms with Crippen LogP contribution in [0.2, 0.25) is 0 Å². The summed E-state index contributed by atoms with van der Waals surface area (Å²) in [4.78, 5) is 0. The molecule has 0 amide bonds. The Balaban J connectivity index is 1.66. The average Bonchev–Trinajstić information content (AvgIpc) is 3.16. The van der Waals surface area contributed by atoms with Gasteiger partial charge in [-0.25, -0.2) is 0 Å². The van der Waals surface area contributed by atoms with Gasteiger partial charge in [0.1, 0.15) is 0 Å². The molecule has 0 fully saturated rings. The lowest BCUT2D eigenvalue weighted by Crippen LogP contribution is -2.28. The van der Waals surface area contributed by atoms with E-state index in [1.54, 1.807) is 0 Å². The van der Waals surface area contributed by atoms with Crippen LogP contribution in [0.15, 0.2) is 127 Å². The number of rotatable bonds is 4. The van der Waals surface area contributed by atoms with Crippen LogP contribution in [0.5, 0.6) is 0 Å². The van der Waals surface area contributed by atoms with E-state index in [-0.39, 0.29) is 5.41 Å². The van der Waals surface area contributed by atoms with E-state index in [0.29, 0.717) is 0 Å². The lowest BCUT2D eigenvalue weighted by molar-refractivity contribution is 0.767. The molecule has 0 unspecified atom stereocenters. The summed E-state index contributed by atoms with van der Waals surface area (Å²) in [6.45, 7) is 2.19. The van der Waals surface area contributed by atoms with Gasteiger partial charge in [-0.15, -0.1) is 0 Å². The standard InChI is InChI=1S/C32H25N/c1-23-20-25(22-27(21-23)33-26-14-6-3-7-15-26)32(24-12-4-2-5-13-24)30-18-10-8-16-28(30)29-17-9-11-19-31(29)32/h2-22,33H,1H3. The molecule has 1 nitrogen and oxygen atoms in total. The predicted octanol–water partition coefficient (Wildman–Crippen LogP) is 8.10. The second-order valence-corrected chi connectivity index (χ2v) is 8.79. The van der Waals surface area contributed by atoms with Gasteiger partial charge >= 0.3 is 0 Å². The first-order valence-electron chi connectivity index (χ1n) is 11.5. The van der Waals surface area contributed by atoms with Crippen molar-refractivity contribution in [1.29, 1.82) is 0 Å². The van der Waals surface area contributed by atoms with Crippen LogP contribution >= 0.6 is 0 Å². The third kappa shape index (κ3) is 3.08. The van der Waals surface area contributed by atoms with Gasteiger partial charge in [0.2, 0.25) is 0 Å². The number of nitrogens with one attached hydrogen (secondary N) is 1. The molecule has 1 heteroatoms. The molecule has 0 atom stereocenters. The van der Waals surface area contributed by atoms with Crippen LogP contribution in [0.3, 0.4) is 0 Å². The summed E-state index contributed by atoms with van der Waals surface area (Å²) in [6, 6.07) is 46.0. The largest absolute Gasteiger partial charge is 0.356 e. The lowest BCUT2D eigenvalue weighted by Gasteiger charge is -2.34. The Hall–Kier alpha value is -4.10. The zero-order chi connectivity index (χ0) is 22.3. The first-order chi connectivity index (χ1) is 16.3. The highest BCUT2D eigenvalue weighted by molar-refractivity contribution is 5.86. The van der Waals surface area contributed by atoms with Crippen LogP contribution in [-0.4, -0.2) is 0 Å². The van der Waals surface area contributed by atoms with E-state index in [0.717, 1.165) is 11.4 Å². The number of hydrogen-bond acceptors (Lipinski definition) is 1. The fraction of sp³-hybridized carbons (Fsp3) is 0.0625. The van der Waals surface area contributed by atoms with Crippen molar-refractivity contribution in [1.82, 2.24) is 0 Å². The maximum Gasteiger partial charge on any atom is 0.0714 e. The fourth-order valence-electron chi connectivity index (χ4n) is 5.47. The molecule has 0 bridgehead atoms. The third-order valence-corrected chi connectivity index (χ3v) is 6.73. The molecule has 0 aromatic heterocycles. The lowest BCUT2D eigenvalue weighted by atomic mass is 9.67. The van der Waals surface area contributed by atoms with Crippen molar-refractivity contribution in [3.8, 4) is 11.1 Å². The van der Waals surface area contributed by atoms with Crippen LogP contribution < -0.4 is 5.32 Å². The van der Waals surface area contributed by atoms with Crippen molar-refractivity contribution >= 4 is 11.4 Å². The first-order valence-corrected chi connectivity index (χ1v) is 11.5. The second kappa shape index (κ2) is 7.79. The molecule has 0 saturated heterocycles. The quantitative estimate of drug-likeness (QED) is 0.302. The van der Waals surface area contributed by atoms with E-state index in [2.05, 4.69) is 134 Å². The monoisotopic (exact) mass is 423 g/mol. The van der Waals surface area contributed by atoms with E-state index in [1.165, 1.54) is 38.9 Å². The van der Waals surface area contributed by atoms with Crippen LogP contribution in [0.1, 0.15) is 27.8 Å². The Morgan fingerprint density at radius 2 is 1.03 bits per heavy atom. The van der Waals surface area contributed by atoms with Crippen LogP contribution in [-0.2, 0) is 5.41 Å². The highest BCUT2D eigenvalue weighted by atomic mass is 14.9. The van der Waals surface area contributed by atoms with Gasteiger partial charge < -0.3 is 5.32 Å². The summed E-state index contributed by atoms with van der Waals surface area (Å²) < 4.78 is 0. The van der Waals surface area contributed by atoms with Gasteiger partial charge in [-0.1, -0.05) is 103 Å². The SMILES string of the molecule is Cc1cc(Nc2ccccc2)cc(C2(c3ccccc3)c3ccccc3-c3ccccc32)c1. The molecule has 6 rings (SSSR count). The molecule has 158 valence electrons. The molecule has 5 aromatic carbocycles. The zero-order valence-electron chi connectivity index (χ0n) is 18.6. The molecule has 0 spiro atoms. The molecule has 5 aromatic rings. The normalized spacial score (nSPS) is 13.2. The molecule has 0 heterocycles. The van der Waals surface area contributed by atoms with Gasteiger partial charge in [-0.2, -0.15) is 0 Å². The van der Waals surface area contributed by atoms with E-state index in [1.807, 2.05) is 6.07 Å². The number of anilines is 2. The zero-order valence-corrected chi connectivity index (χ0v) is 18.6. The highest BCUT2D eigenvalue weighted by Gasteiger charge is 2.45. The summed E-state index contributed by atoms with van der Waals surface area (Å²) in [6.07, 6.45) is 0. The Kier molecular flexibility index (Phi) is 4.62. The Bertz CT molecular complexity index is 1390. The summed E-state index contributed by atoms with van der Waals surface area (Å²) in [5, 5.41) is 3.63. The fourth-order valence-corrected chi connectivity index (χ4v) is 5.47. The predicted molar refractivity (Wildman–Crippen MR) is 138 cm³/mol. The Labute approximate surface area is 195 Å². The number of para-hydroxylation sites is 1. The highest BCUT2D eigenvalue weighted by Crippen LogP contribution is 2.56. The minimum absolute atomic E-state index is 0.367. The van der Waals surface area contributed by atoms with Gasteiger partial charge in [-0.3, -0.25) is 0 Å². The van der Waals surface area contributed by atoms with Gasteiger partial charge in [0.25, 0.3) is 0 Å². The summed E-state index contributed by atoms with van der Waals surface area (Å²) in [7, 11) is 0. The van der Waals surface area contributed by atoms with Gasteiger partial charge in [0.05, 0.1) is 5.41 Å². The molecular formula is C32H25N. The summed E-state index contributed by atoms with van der Waals surface area (Å²) >= 11 is 0. The number of aryl methyl sites for hydroxylation is 1. The van der Waals surface area contributed by atoms with Crippen LogP contribution in [0, 0.1) is 6.92 Å². The van der Waals surface area contributed by atoms with Gasteiger partial charge in [-0.05, 0) is 70.1 Å². The minimum Gasteiger partial charge on any atom is -0.356 e. The Morgan fingerprint density at radius 1 is 0.485 bits per heavy atom. The smallest absolute Gasteiger partial charge is 0.0714 e. The van der Waals surface area contributed by atoms with E-state index < -0.39 is 0 Å². The minimum atomic E-state index is -0.367. The molecule has 0 radical (unpaired) electrons. The molecule has 1 N–H and O–H groups in total. The molecule has 1 aliphatic carbocycles. The van der Waals surface area contributed by atoms with Crippen LogP contribution in [0.4, 0.5) is 11.4 Å². The third-order valence-electron chi connectivity index (χ3n) is 6.73. The van der Waals surface area contributed by atoms with Crippen molar-refractivity contribution in [3.63, 3.8) is 0 Å². The number of fused-ring (bicyclic) bond motifs is 3. The topological polar surface area (TPSA) is 12.0 Å². The first kappa shape index (κ1) is 19.6.